The molecule has 0 aliphatic heterocycles. The molecule has 0 radical (unpaired) electrons. The molecule has 3 nitrogen and oxygen atoms in total. The molecule has 0 saturated heterocycles. The largest absolute Gasteiger partial charge is 0.416 e. The first-order chi connectivity index (χ1) is 31.6. The second-order valence-corrected chi connectivity index (χ2v) is 17.0. The Morgan fingerprint density at radius 1 is 0.400 bits per heavy atom. The van der Waals surface area contributed by atoms with Crippen molar-refractivity contribution in [2.24, 2.45) is 0 Å². The number of halogens is 3. The molecule has 312 valence electrons. The summed E-state index contributed by atoms with van der Waals surface area (Å²) in [6.07, 6.45) is -4.57. The summed E-state index contributed by atoms with van der Waals surface area (Å²) in [6.45, 7) is 14.6. The first kappa shape index (κ1) is 39.7. The van der Waals surface area contributed by atoms with E-state index in [0.717, 1.165) is 77.2 Å². The van der Waals surface area contributed by atoms with Crippen molar-refractivity contribution in [3.05, 3.63) is 222 Å². The van der Waals surface area contributed by atoms with Crippen LogP contribution < -0.4 is 0 Å². The summed E-state index contributed by atoms with van der Waals surface area (Å²) in [5.74, 6) is 0. The number of nitrogens with zero attached hydrogens (tertiary/aromatic N) is 3. The predicted octanol–water partition coefficient (Wildman–Crippen LogP) is 17.0. The van der Waals surface area contributed by atoms with E-state index < -0.39 is 11.7 Å². The van der Waals surface area contributed by atoms with E-state index in [2.05, 4.69) is 137 Å². The van der Waals surface area contributed by atoms with Crippen molar-refractivity contribution in [3.8, 4) is 55.9 Å². The Balaban J connectivity index is 1.26. The molecule has 65 heavy (non-hydrogen) atoms. The Morgan fingerprint density at radius 3 is 1.42 bits per heavy atom. The highest BCUT2D eigenvalue weighted by Gasteiger charge is 2.32. The van der Waals surface area contributed by atoms with E-state index in [1.807, 2.05) is 66.7 Å². The molecule has 0 aliphatic carbocycles. The van der Waals surface area contributed by atoms with Crippen molar-refractivity contribution in [2.75, 3.05) is 0 Å². The van der Waals surface area contributed by atoms with Crippen molar-refractivity contribution >= 4 is 49.3 Å². The molecule has 11 rings (SSSR count). The van der Waals surface area contributed by atoms with E-state index >= 15 is 0 Å². The van der Waals surface area contributed by atoms with Crippen LogP contribution in [0.5, 0.6) is 0 Å². The van der Waals surface area contributed by atoms with Gasteiger partial charge in [0.1, 0.15) is 0 Å². The van der Waals surface area contributed by atoms with Crippen LogP contribution in [0.25, 0.3) is 104 Å². The minimum absolute atomic E-state index is 0.379. The Labute approximate surface area is 374 Å². The van der Waals surface area contributed by atoms with Gasteiger partial charge in [0.25, 0.3) is 0 Å². The Bertz CT molecular complexity index is 3760. The van der Waals surface area contributed by atoms with Crippen LogP contribution >= 0.6 is 0 Å². The summed E-state index contributed by atoms with van der Waals surface area (Å²) in [4.78, 5) is 4.20. The standard InChI is InChI=1S/C59H40F3N3/c1-36-13-9-15-39(29-36)41-25-27-53-48(34-41)46-17-5-7-21-51(46)64(53)55-23-11-19-45(43-31-38(3)32-44(33-43)59(60,61)62)57(55)58-50(63-4)20-12-24-56(58)65-52-22-8-6-18-47(52)49-35-42(26-28-54(49)65)40-16-10-14-37(2)30-40/h5-35H,1-3H3. The van der Waals surface area contributed by atoms with Gasteiger partial charge in [-0.1, -0.05) is 139 Å². The van der Waals surface area contributed by atoms with E-state index in [4.69, 9.17) is 6.57 Å². The molecule has 0 atom stereocenters. The monoisotopic (exact) mass is 847 g/mol. The number of rotatable bonds is 6. The fourth-order valence-corrected chi connectivity index (χ4v) is 9.87. The third-order valence-electron chi connectivity index (χ3n) is 12.7. The number of fused-ring (bicyclic) bond motifs is 6. The van der Waals surface area contributed by atoms with Crippen LogP contribution in [-0.4, -0.2) is 9.13 Å². The SMILES string of the molecule is [C-]#[N+]c1cccc(-n2c3ccccc3c3cc(-c4cccc(C)c4)ccc32)c1-c1c(-c2cc(C)cc(C(F)(F)F)c2)cccc1-n1c2ccccc2c2cc(-c3cccc(C)c3)ccc21. The number of para-hydroxylation sites is 2. The summed E-state index contributed by atoms with van der Waals surface area (Å²) < 4.78 is 48.5. The fourth-order valence-electron chi connectivity index (χ4n) is 9.87. The van der Waals surface area contributed by atoms with Crippen molar-refractivity contribution in [3.63, 3.8) is 0 Å². The predicted molar refractivity (Wildman–Crippen MR) is 262 cm³/mol. The van der Waals surface area contributed by atoms with Crippen LogP contribution in [0, 0.1) is 27.3 Å². The van der Waals surface area contributed by atoms with Crippen LogP contribution in [0.1, 0.15) is 22.3 Å². The molecule has 0 amide bonds. The van der Waals surface area contributed by atoms with Gasteiger partial charge in [0.15, 0.2) is 5.69 Å². The summed E-state index contributed by atoms with van der Waals surface area (Å²) >= 11 is 0. The third-order valence-corrected chi connectivity index (χ3v) is 12.7. The number of aromatic nitrogens is 2. The van der Waals surface area contributed by atoms with Crippen LogP contribution in [0.3, 0.4) is 0 Å². The fraction of sp³-hybridized carbons (Fsp3) is 0.0678. The van der Waals surface area contributed by atoms with E-state index in [0.29, 0.717) is 33.5 Å². The lowest BCUT2D eigenvalue weighted by molar-refractivity contribution is -0.137. The van der Waals surface area contributed by atoms with Gasteiger partial charge in [-0.15, -0.1) is 0 Å². The zero-order valence-electron chi connectivity index (χ0n) is 35.9. The summed E-state index contributed by atoms with van der Waals surface area (Å²) in [6, 6.07) is 62.3. The molecule has 0 spiro atoms. The molecule has 0 unspecified atom stereocenters. The summed E-state index contributed by atoms with van der Waals surface area (Å²) in [7, 11) is 0. The topological polar surface area (TPSA) is 14.2 Å². The summed E-state index contributed by atoms with van der Waals surface area (Å²) in [5, 5.41) is 4.17. The van der Waals surface area contributed by atoms with Gasteiger partial charge in [-0.05, 0) is 120 Å². The average Bonchev–Trinajstić information content (AvgIpc) is 3.82. The van der Waals surface area contributed by atoms with Gasteiger partial charge >= 0.3 is 6.18 Å². The van der Waals surface area contributed by atoms with Crippen molar-refractivity contribution in [1.29, 1.82) is 0 Å². The van der Waals surface area contributed by atoms with E-state index in [1.54, 1.807) is 6.92 Å². The van der Waals surface area contributed by atoms with Crippen LogP contribution in [0.15, 0.2) is 188 Å². The highest BCUT2D eigenvalue weighted by molar-refractivity contribution is 6.14. The maximum absolute atomic E-state index is 14.7. The quantitative estimate of drug-likeness (QED) is 0.148. The molecule has 2 heterocycles. The molecule has 0 aliphatic rings. The van der Waals surface area contributed by atoms with Gasteiger partial charge < -0.3 is 9.13 Å². The van der Waals surface area contributed by atoms with Gasteiger partial charge in [-0.3, -0.25) is 0 Å². The highest BCUT2D eigenvalue weighted by atomic mass is 19.4. The maximum atomic E-state index is 14.7. The van der Waals surface area contributed by atoms with Gasteiger partial charge in [0.05, 0.1) is 39.9 Å². The Morgan fingerprint density at radius 2 is 0.877 bits per heavy atom. The van der Waals surface area contributed by atoms with Crippen LogP contribution in [0.2, 0.25) is 0 Å². The molecule has 0 bridgehead atoms. The van der Waals surface area contributed by atoms with Gasteiger partial charge in [-0.2, -0.15) is 13.2 Å². The first-order valence-electron chi connectivity index (χ1n) is 21.6. The van der Waals surface area contributed by atoms with Crippen molar-refractivity contribution in [2.45, 2.75) is 26.9 Å². The van der Waals surface area contributed by atoms with E-state index in [-0.39, 0.29) is 0 Å². The minimum Gasteiger partial charge on any atom is -0.310 e. The van der Waals surface area contributed by atoms with Gasteiger partial charge in [0, 0.05) is 38.4 Å². The number of benzene rings is 9. The van der Waals surface area contributed by atoms with Crippen molar-refractivity contribution in [1.82, 2.24) is 9.13 Å². The molecule has 6 heteroatoms. The van der Waals surface area contributed by atoms with Gasteiger partial charge in [0.2, 0.25) is 0 Å². The van der Waals surface area contributed by atoms with Gasteiger partial charge in [-0.25, -0.2) is 4.85 Å². The molecular weight excluding hydrogens is 808 g/mol. The molecule has 0 fully saturated rings. The Kier molecular flexibility index (Phi) is 9.34. The smallest absolute Gasteiger partial charge is 0.310 e. The normalized spacial score (nSPS) is 11.8. The molecule has 9 aromatic carbocycles. The molecule has 0 saturated carbocycles. The lowest BCUT2D eigenvalue weighted by atomic mass is 9.89. The lowest BCUT2D eigenvalue weighted by Crippen LogP contribution is -2.06. The molecule has 11 aromatic rings. The number of hydrogen-bond acceptors (Lipinski definition) is 0. The lowest BCUT2D eigenvalue weighted by Gasteiger charge is -2.23. The number of alkyl halides is 3. The van der Waals surface area contributed by atoms with E-state index in [1.165, 1.54) is 23.3 Å². The second kappa shape index (κ2) is 15.3. The van der Waals surface area contributed by atoms with Crippen LogP contribution in [-0.2, 0) is 6.18 Å². The van der Waals surface area contributed by atoms with Crippen LogP contribution in [0.4, 0.5) is 18.9 Å². The number of hydrogen-bond donors (Lipinski definition) is 0. The summed E-state index contributed by atoms with van der Waals surface area (Å²) in [5.41, 5.74) is 14.4. The number of aryl methyl sites for hydroxylation is 3. The first-order valence-corrected chi connectivity index (χ1v) is 21.6. The zero-order valence-corrected chi connectivity index (χ0v) is 35.9. The zero-order chi connectivity index (χ0) is 44.6. The second-order valence-electron chi connectivity index (χ2n) is 17.0. The average molecular weight is 848 g/mol. The molecular formula is C59H40F3N3. The van der Waals surface area contributed by atoms with Crippen molar-refractivity contribution < 1.29 is 13.2 Å². The Hall–Kier alpha value is -8.14. The maximum Gasteiger partial charge on any atom is 0.416 e. The van der Waals surface area contributed by atoms with E-state index in [9.17, 15) is 13.2 Å². The highest BCUT2D eigenvalue weighted by Crippen LogP contribution is 2.49. The minimum atomic E-state index is -4.57. The molecule has 2 aromatic heterocycles. The third kappa shape index (κ3) is 6.67. The molecule has 0 N–H and O–H groups in total.